The minimum Gasteiger partial charge on any atom is -0.310 e. The summed E-state index contributed by atoms with van der Waals surface area (Å²) >= 11 is 0. The maximum Gasteiger partial charge on any atom is 0.202 e. The molecule has 0 amide bonds. The van der Waals surface area contributed by atoms with Crippen molar-refractivity contribution in [1.29, 1.82) is 0 Å². The molecule has 2 aliphatic rings. The Hall–Kier alpha value is -1.72. The number of hydrogen-bond donors (Lipinski definition) is 2. The van der Waals surface area contributed by atoms with E-state index >= 15 is 0 Å². The third-order valence-corrected chi connectivity index (χ3v) is 4.51. The SMILES string of the molecule is CN1C(C(=O)c2n[nH]c3ccccc23)[C@H]2C[C@H]1CN2. The number of ketones is 1. The van der Waals surface area contributed by atoms with E-state index in [9.17, 15) is 4.79 Å². The Morgan fingerprint density at radius 1 is 1.42 bits per heavy atom. The second-order valence-electron chi connectivity index (χ2n) is 5.50. The number of likely N-dealkylation sites (N-methyl/N-ethyl adjacent to an activating group) is 1. The Morgan fingerprint density at radius 2 is 2.26 bits per heavy atom. The highest BCUT2D eigenvalue weighted by molar-refractivity contribution is 6.08. The zero-order valence-corrected chi connectivity index (χ0v) is 10.8. The first-order valence-electron chi connectivity index (χ1n) is 6.68. The summed E-state index contributed by atoms with van der Waals surface area (Å²) < 4.78 is 0. The van der Waals surface area contributed by atoms with Crippen LogP contribution in [-0.4, -0.2) is 52.6 Å². The molecule has 2 aromatic rings. The molecule has 0 aliphatic carbocycles. The van der Waals surface area contributed by atoms with Crippen LogP contribution in [0.25, 0.3) is 10.9 Å². The van der Waals surface area contributed by atoms with Crippen LogP contribution in [0.3, 0.4) is 0 Å². The first kappa shape index (κ1) is 11.1. The van der Waals surface area contributed by atoms with Crippen molar-refractivity contribution in [3.05, 3.63) is 30.0 Å². The van der Waals surface area contributed by atoms with Crippen molar-refractivity contribution >= 4 is 16.7 Å². The highest BCUT2D eigenvalue weighted by Crippen LogP contribution is 2.30. The first-order chi connectivity index (χ1) is 9.25. The van der Waals surface area contributed by atoms with Gasteiger partial charge in [-0.05, 0) is 19.5 Å². The number of aromatic nitrogens is 2. The zero-order valence-electron chi connectivity index (χ0n) is 10.8. The summed E-state index contributed by atoms with van der Waals surface area (Å²) in [4.78, 5) is 15.0. The largest absolute Gasteiger partial charge is 0.310 e. The quantitative estimate of drug-likeness (QED) is 0.780. The molecule has 0 spiro atoms. The number of hydrogen-bond acceptors (Lipinski definition) is 4. The van der Waals surface area contributed by atoms with Crippen LogP contribution >= 0.6 is 0 Å². The van der Waals surface area contributed by atoms with Crippen molar-refractivity contribution in [2.45, 2.75) is 24.5 Å². The Balaban J connectivity index is 1.74. The smallest absolute Gasteiger partial charge is 0.202 e. The number of carbonyl (C=O) groups is 1. The minimum atomic E-state index is -0.0783. The van der Waals surface area contributed by atoms with Crippen LogP contribution in [0.5, 0.6) is 0 Å². The molecule has 2 fully saturated rings. The standard InChI is InChI=1S/C14H16N4O/c1-18-8-6-11(15-7-8)13(18)14(19)12-9-4-2-3-5-10(9)16-17-12/h2-5,8,11,13,15H,6-7H2,1H3,(H,16,17)/t8-,11+,13?/m0/s1. The lowest BCUT2D eigenvalue weighted by Gasteiger charge is -2.30. The van der Waals surface area contributed by atoms with E-state index in [0.29, 0.717) is 11.7 Å². The van der Waals surface area contributed by atoms with Crippen molar-refractivity contribution in [2.24, 2.45) is 0 Å². The Bertz CT molecular complexity index is 648. The van der Waals surface area contributed by atoms with Crippen molar-refractivity contribution in [2.75, 3.05) is 13.6 Å². The molecule has 0 saturated carbocycles. The molecule has 2 N–H and O–H groups in total. The third kappa shape index (κ3) is 1.49. The monoisotopic (exact) mass is 256 g/mol. The first-order valence-corrected chi connectivity index (χ1v) is 6.68. The maximum absolute atomic E-state index is 12.8. The average molecular weight is 256 g/mol. The van der Waals surface area contributed by atoms with Gasteiger partial charge in [0, 0.05) is 24.0 Å². The van der Waals surface area contributed by atoms with Gasteiger partial charge >= 0.3 is 0 Å². The van der Waals surface area contributed by atoms with Crippen molar-refractivity contribution in [3.63, 3.8) is 0 Å². The predicted molar refractivity (Wildman–Crippen MR) is 72.2 cm³/mol. The van der Waals surface area contributed by atoms with Crippen LogP contribution in [0.15, 0.2) is 24.3 Å². The van der Waals surface area contributed by atoms with Crippen molar-refractivity contribution in [1.82, 2.24) is 20.4 Å². The number of nitrogens with zero attached hydrogens (tertiary/aromatic N) is 2. The predicted octanol–water partition coefficient (Wildman–Crippen LogP) is 0.790. The summed E-state index contributed by atoms with van der Waals surface area (Å²) in [5.41, 5.74) is 1.49. The molecule has 5 nitrogen and oxygen atoms in total. The Labute approximate surface area is 111 Å². The molecule has 2 bridgehead atoms. The second kappa shape index (κ2) is 3.88. The van der Waals surface area contributed by atoms with Gasteiger partial charge in [-0.2, -0.15) is 5.10 Å². The van der Waals surface area contributed by atoms with E-state index in [4.69, 9.17) is 0 Å². The Morgan fingerprint density at radius 3 is 3.05 bits per heavy atom. The fraction of sp³-hybridized carbons (Fsp3) is 0.429. The number of carbonyl (C=O) groups excluding carboxylic acids is 1. The molecule has 98 valence electrons. The normalized spacial score (nSPS) is 30.3. The van der Waals surface area contributed by atoms with Crippen LogP contribution in [0.2, 0.25) is 0 Å². The van der Waals surface area contributed by atoms with Gasteiger partial charge in [-0.15, -0.1) is 0 Å². The molecule has 3 atom stereocenters. The van der Waals surface area contributed by atoms with Gasteiger partial charge in [-0.25, -0.2) is 0 Å². The molecule has 1 aromatic heterocycles. The number of likely N-dealkylation sites (tertiary alicyclic amines) is 1. The number of aromatic amines is 1. The van der Waals surface area contributed by atoms with E-state index in [1.165, 1.54) is 0 Å². The summed E-state index contributed by atoms with van der Waals surface area (Å²) in [6.07, 6.45) is 1.06. The molecule has 2 saturated heterocycles. The molecule has 5 heteroatoms. The molecule has 3 heterocycles. The molecule has 19 heavy (non-hydrogen) atoms. The highest BCUT2D eigenvalue weighted by Gasteiger charge is 2.48. The number of benzene rings is 1. The molecule has 2 aliphatic heterocycles. The van der Waals surface area contributed by atoms with E-state index in [1.54, 1.807) is 0 Å². The molecular weight excluding hydrogens is 240 g/mol. The molecule has 4 rings (SSSR count). The summed E-state index contributed by atoms with van der Waals surface area (Å²) in [5.74, 6) is 0.125. The van der Waals surface area contributed by atoms with Gasteiger partial charge in [0.05, 0.1) is 11.6 Å². The van der Waals surface area contributed by atoms with E-state index in [2.05, 4.69) is 20.4 Å². The van der Waals surface area contributed by atoms with E-state index in [0.717, 1.165) is 23.9 Å². The highest BCUT2D eigenvalue weighted by atomic mass is 16.1. The lowest BCUT2D eigenvalue weighted by Crippen LogP contribution is -2.53. The topological polar surface area (TPSA) is 61.0 Å². The maximum atomic E-state index is 12.8. The number of piperazine rings is 1. The van der Waals surface area contributed by atoms with Crippen LogP contribution in [0.4, 0.5) is 0 Å². The van der Waals surface area contributed by atoms with Crippen LogP contribution in [0, 0.1) is 0 Å². The number of Topliss-reactive ketones (excluding diaryl/α,β-unsaturated/α-hetero) is 1. The fourth-order valence-corrected chi connectivity index (χ4v) is 3.47. The van der Waals surface area contributed by atoms with Gasteiger partial charge in [0.25, 0.3) is 0 Å². The van der Waals surface area contributed by atoms with Gasteiger partial charge in [-0.3, -0.25) is 14.8 Å². The average Bonchev–Trinajstić information content (AvgIpc) is 3.11. The van der Waals surface area contributed by atoms with Gasteiger partial charge in [0.15, 0.2) is 0 Å². The van der Waals surface area contributed by atoms with Crippen molar-refractivity contribution < 1.29 is 4.79 Å². The zero-order chi connectivity index (χ0) is 13.0. The number of rotatable bonds is 2. The number of fused-ring (bicyclic) bond motifs is 3. The fourth-order valence-electron chi connectivity index (χ4n) is 3.47. The van der Waals surface area contributed by atoms with Gasteiger partial charge in [0.1, 0.15) is 5.69 Å². The van der Waals surface area contributed by atoms with Crippen LogP contribution in [0.1, 0.15) is 16.9 Å². The van der Waals surface area contributed by atoms with Gasteiger partial charge < -0.3 is 5.32 Å². The molecule has 0 radical (unpaired) electrons. The minimum absolute atomic E-state index is 0.0783. The van der Waals surface area contributed by atoms with Gasteiger partial charge in [0.2, 0.25) is 5.78 Å². The molecular formula is C14H16N4O. The van der Waals surface area contributed by atoms with Crippen LogP contribution < -0.4 is 5.32 Å². The lowest BCUT2D eigenvalue weighted by atomic mass is 10.0. The van der Waals surface area contributed by atoms with E-state index in [-0.39, 0.29) is 17.9 Å². The Kier molecular flexibility index (Phi) is 2.28. The summed E-state index contributed by atoms with van der Waals surface area (Å²) in [6, 6.07) is 8.47. The second-order valence-corrected chi connectivity index (χ2v) is 5.50. The van der Waals surface area contributed by atoms with Crippen molar-refractivity contribution in [3.8, 4) is 0 Å². The molecule has 1 unspecified atom stereocenters. The number of nitrogens with one attached hydrogen (secondary N) is 2. The summed E-state index contributed by atoms with van der Waals surface area (Å²) in [6.45, 7) is 0.992. The summed E-state index contributed by atoms with van der Waals surface area (Å²) in [7, 11) is 2.04. The van der Waals surface area contributed by atoms with E-state index < -0.39 is 0 Å². The number of H-pyrrole nitrogens is 1. The third-order valence-electron chi connectivity index (χ3n) is 4.51. The van der Waals surface area contributed by atoms with Gasteiger partial charge in [-0.1, -0.05) is 18.2 Å². The van der Waals surface area contributed by atoms with E-state index in [1.807, 2.05) is 31.3 Å². The molecule has 1 aromatic carbocycles. The van der Waals surface area contributed by atoms with Crippen LogP contribution in [-0.2, 0) is 0 Å². The lowest BCUT2D eigenvalue weighted by molar-refractivity contribution is 0.0811. The summed E-state index contributed by atoms with van der Waals surface area (Å²) in [5, 5.41) is 11.5. The number of para-hydroxylation sites is 1.